The van der Waals surface area contributed by atoms with Gasteiger partial charge >= 0.3 is 0 Å². The van der Waals surface area contributed by atoms with Gasteiger partial charge in [0.1, 0.15) is 0 Å². The molecule has 0 aliphatic carbocycles. The fourth-order valence-electron chi connectivity index (χ4n) is 2.01. The normalized spacial score (nSPS) is 12.9. The van der Waals surface area contributed by atoms with Crippen molar-refractivity contribution in [3.8, 4) is 11.3 Å². The molecule has 0 saturated carbocycles. The Morgan fingerprint density at radius 1 is 1.29 bits per heavy atom. The fraction of sp³-hybridized carbons (Fsp3) is 0.385. The van der Waals surface area contributed by atoms with Crippen LogP contribution in [0.25, 0.3) is 11.3 Å². The van der Waals surface area contributed by atoms with Gasteiger partial charge in [0.05, 0.1) is 18.2 Å². The Hall–Kier alpha value is -1.68. The van der Waals surface area contributed by atoms with Gasteiger partial charge in [0.15, 0.2) is 0 Å². The smallest absolute Gasteiger partial charge is 0.0954 e. The van der Waals surface area contributed by atoms with Crippen molar-refractivity contribution in [1.29, 1.82) is 0 Å². The number of rotatable bonds is 4. The second kappa shape index (κ2) is 5.10. The van der Waals surface area contributed by atoms with Crippen LogP contribution in [0.5, 0.6) is 0 Å². The van der Waals surface area contributed by atoms with E-state index in [1.54, 1.807) is 6.20 Å². The average Bonchev–Trinajstić information content (AvgIpc) is 2.80. The number of aromatic nitrogens is 3. The maximum Gasteiger partial charge on any atom is 0.0954 e. The molecule has 0 amide bonds. The Balaban J connectivity index is 2.41. The van der Waals surface area contributed by atoms with Gasteiger partial charge in [0.25, 0.3) is 0 Å². The van der Waals surface area contributed by atoms with Crippen molar-refractivity contribution < 1.29 is 0 Å². The largest absolute Gasteiger partial charge is 0.328 e. The second-order valence-corrected chi connectivity index (χ2v) is 4.47. The summed E-state index contributed by atoms with van der Waals surface area (Å²) >= 11 is 0. The standard InChI is InChI=1S/C13H18N4/c1-10(2)12(6-14)17-9-16-8-13(17)11-4-3-5-15-7-11/h3-5,7-10,12H,6,14H2,1-2H3. The molecule has 0 aliphatic heterocycles. The lowest BCUT2D eigenvalue weighted by Crippen LogP contribution is -2.24. The summed E-state index contributed by atoms with van der Waals surface area (Å²) in [6.07, 6.45) is 7.33. The molecule has 2 aromatic heterocycles. The number of nitrogens with zero attached hydrogens (tertiary/aromatic N) is 3. The highest BCUT2D eigenvalue weighted by Crippen LogP contribution is 2.25. The van der Waals surface area contributed by atoms with Gasteiger partial charge in [-0.15, -0.1) is 0 Å². The summed E-state index contributed by atoms with van der Waals surface area (Å²) in [6, 6.07) is 4.24. The summed E-state index contributed by atoms with van der Waals surface area (Å²) in [5.74, 6) is 0.477. The van der Waals surface area contributed by atoms with Gasteiger partial charge in [0.2, 0.25) is 0 Å². The highest BCUT2D eigenvalue weighted by Gasteiger charge is 2.17. The van der Waals surface area contributed by atoms with E-state index < -0.39 is 0 Å². The van der Waals surface area contributed by atoms with E-state index in [2.05, 4.69) is 28.4 Å². The lowest BCUT2D eigenvalue weighted by molar-refractivity contribution is 0.387. The van der Waals surface area contributed by atoms with E-state index in [1.807, 2.05) is 30.9 Å². The molecule has 4 nitrogen and oxygen atoms in total. The maximum absolute atomic E-state index is 5.85. The van der Waals surface area contributed by atoms with Crippen LogP contribution in [0, 0.1) is 5.92 Å². The Kier molecular flexibility index (Phi) is 3.54. The van der Waals surface area contributed by atoms with E-state index in [0.29, 0.717) is 12.5 Å². The number of hydrogen-bond acceptors (Lipinski definition) is 3. The molecule has 0 saturated heterocycles. The van der Waals surface area contributed by atoms with Crippen LogP contribution in [0.3, 0.4) is 0 Å². The van der Waals surface area contributed by atoms with E-state index in [4.69, 9.17) is 5.73 Å². The third kappa shape index (κ3) is 2.36. The van der Waals surface area contributed by atoms with Crippen LogP contribution in [-0.4, -0.2) is 21.1 Å². The zero-order chi connectivity index (χ0) is 12.3. The molecule has 4 heteroatoms. The first-order valence-electron chi connectivity index (χ1n) is 5.86. The maximum atomic E-state index is 5.85. The van der Waals surface area contributed by atoms with E-state index >= 15 is 0 Å². The summed E-state index contributed by atoms with van der Waals surface area (Å²) in [7, 11) is 0. The Morgan fingerprint density at radius 2 is 2.12 bits per heavy atom. The SMILES string of the molecule is CC(C)C(CN)n1cncc1-c1cccnc1. The molecular weight excluding hydrogens is 212 g/mol. The molecule has 0 bridgehead atoms. The van der Waals surface area contributed by atoms with Crippen molar-refractivity contribution in [1.82, 2.24) is 14.5 Å². The topological polar surface area (TPSA) is 56.7 Å². The van der Waals surface area contributed by atoms with Gasteiger partial charge in [-0.1, -0.05) is 13.8 Å². The Morgan fingerprint density at radius 3 is 2.71 bits per heavy atom. The van der Waals surface area contributed by atoms with E-state index in [-0.39, 0.29) is 6.04 Å². The van der Waals surface area contributed by atoms with Crippen LogP contribution in [0.4, 0.5) is 0 Å². The zero-order valence-corrected chi connectivity index (χ0v) is 10.2. The van der Waals surface area contributed by atoms with E-state index in [9.17, 15) is 0 Å². The molecule has 17 heavy (non-hydrogen) atoms. The Bertz CT molecular complexity index is 461. The van der Waals surface area contributed by atoms with Crippen LogP contribution in [0.2, 0.25) is 0 Å². The minimum Gasteiger partial charge on any atom is -0.328 e. The third-order valence-electron chi connectivity index (χ3n) is 2.99. The van der Waals surface area contributed by atoms with Crippen molar-refractivity contribution in [2.75, 3.05) is 6.54 Å². The van der Waals surface area contributed by atoms with Gasteiger partial charge in [-0.3, -0.25) is 4.98 Å². The van der Waals surface area contributed by atoms with E-state index in [0.717, 1.165) is 11.3 Å². The molecule has 90 valence electrons. The molecule has 1 unspecified atom stereocenters. The summed E-state index contributed by atoms with van der Waals surface area (Å²) in [6.45, 7) is 4.95. The predicted molar refractivity (Wildman–Crippen MR) is 68.4 cm³/mol. The summed E-state index contributed by atoms with van der Waals surface area (Å²) in [5, 5.41) is 0. The zero-order valence-electron chi connectivity index (χ0n) is 10.2. The first kappa shape index (κ1) is 11.8. The number of hydrogen-bond donors (Lipinski definition) is 1. The Labute approximate surface area is 102 Å². The lowest BCUT2D eigenvalue weighted by atomic mass is 10.0. The van der Waals surface area contributed by atoms with Crippen LogP contribution in [0.15, 0.2) is 37.1 Å². The first-order chi connectivity index (χ1) is 8.24. The van der Waals surface area contributed by atoms with Gasteiger partial charge in [-0.25, -0.2) is 4.98 Å². The average molecular weight is 230 g/mol. The van der Waals surface area contributed by atoms with Gasteiger partial charge in [-0.05, 0) is 18.1 Å². The fourth-order valence-corrected chi connectivity index (χ4v) is 2.01. The highest BCUT2D eigenvalue weighted by molar-refractivity contribution is 5.57. The molecule has 0 radical (unpaired) electrons. The lowest BCUT2D eigenvalue weighted by Gasteiger charge is -2.22. The number of pyridine rings is 1. The molecule has 2 rings (SSSR count). The van der Waals surface area contributed by atoms with Crippen molar-refractivity contribution in [2.45, 2.75) is 19.9 Å². The van der Waals surface area contributed by atoms with Crippen LogP contribution < -0.4 is 5.73 Å². The highest BCUT2D eigenvalue weighted by atomic mass is 15.1. The van der Waals surface area contributed by atoms with Crippen LogP contribution >= 0.6 is 0 Å². The molecule has 0 aliphatic rings. The molecule has 0 fully saturated rings. The van der Waals surface area contributed by atoms with Gasteiger partial charge in [0, 0.05) is 30.5 Å². The monoisotopic (exact) mass is 230 g/mol. The number of nitrogens with two attached hydrogens (primary N) is 1. The minimum absolute atomic E-state index is 0.271. The second-order valence-electron chi connectivity index (χ2n) is 4.47. The predicted octanol–water partition coefficient (Wildman–Crippen LogP) is 2.10. The molecule has 1 atom stereocenters. The molecule has 2 heterocycles. The van der Waals surface area contributed by atoms with E-state index in [1.165, 1.54) is 0 Å². The van der Waals surface area contributed by atoms with Crippen molar-refractivity contribution in [3.05, 3.63) is 37.1 Å². The third-order valence-corrected chi connectivity index (χ3v) is 2.99. The van der Waals surface area contributed by atoms with Crippen molar-refractivity contribution in [2.24, 2.45) is 11.7 Å². The molecular formula is C13H18N4. The quantitative estimate of drug-likeness (QED) is 0.875. The van der Waals surface area contributed by atoms with Crippen molar-refractivity contribution >= 4 is 0 Å². The molecule has 0 spiro atoms. The van der Waals surface area contributed by atoms with Gasteiger partial charge in [-0.2, -0.15) is 0 Å². The molecule has 0 aromatic carbocycles. The van der Waals surface area contributed by atoms with Gasteiger partial charge < -0.3 is 10.3 Å². The molecule has 2 aromatic rings. The molecule has 2 N–H and O–H groups in total. The van der Waals surface area contributed by atoms with Crippen molar-refractivity contribution in [3.63, 3.8) is 0 Å². The number of imidazole rings is 1. The first-order valence-corrected chi connectivity index (χ1v) is 5.86. The summed E-state index contributed by atoms with van der Waals surface area (Å²) in [5.41, 5.74) is 7.99. The summed E-state index contributed by atoms with van der Waals surface area (Å²) in [4.78, 5) is 8.37. The minimum atomic E-state index is 0.271. The van der Waals surface area contributed by atoms with Crippen LogP contribution in [-0.2, 0) is 0 Å². The summed E-state index contributed by atoms with van der Waals surface area (Å²) < 4.78 is 2.14. The van der Waals surface area contributed by atoms with Crippen LogP contribution in [0.1, 0.15) is 19.9 Å².